The van der Waals surface area contributed by atoms with Gasteiger partial charge in [-0.2, -0.15) is 0 Å². The Bertz CT molecular complexity index is 377. The van der Waals surface area contributed by atoms with Crippen LogP contribution in [0.3, 0.4) is 0 Å². The Morgan fingerprint density at radius 3 is 2.00 bits per heavy atom. The third kappa shape index (κ3) is 2.69. The Kier molecular flexibility index (Phi) is 4.28. The van der Waals surface area contributed by atoms with E-state index in [1.54, 1.807) is 12.1 Å². The van der Waals surface area contributed by atoms with Gasteiger partial charge in [0.15, 0.2) is 0 Å². The summed E-state index contributed by atoms with van der Waals surface area (Å²) in [7, 11) is 0. The van der Waals surface area contributed by atoms with Crippen molar-refractivity contribution < 1.29 is 8.87 Å². The lowest BCUT2D eigenvalue weighted by Gasteiger charge is -2.42. The highest BCUT2D eigenvalue weighted by Crippen LogP contribution is 2.25. The first-order valence-corrected chi connectivity index (χ1v) is 6.63. The summed E-state index contributed by atoms with van der Waals surface area (Å²) in [6, 6.07) is 6.91. The van der Waals surface area contributed by atoms with Gasteiger partial charge >= 0.3 is 0 Å². The topological polar surface area (TPSA) is 3.24 Å². The zero-order valence-corrected chi connectivity index (χ0v) is 12.4. The highest BCUT2D eigenvalue weighted by atomic mass is 79.9. The van der Waals surface area contributed by atoms with Crippen LogP contribution in [-0.4, -0.2) is 43.8 Å². The van der Waals surface area contributed by atoms with Crippen LogP contribution in [0.1, 0.15) is 12.8 Å². The average Bonchev–Trinajstić information content (AvgIpc) is 2.80. The third-order valence-corrected chi connectivity index (χ3v) is 4.40. The van der Waals surface area contributed by atoms with Crippen LogP contribution >= 0.6 is 17.0 Å². The van der Waals surface area contributed by atoms with E-state index < -0.39 is 0 Å². The molecule has 1 spiro atoms. The number of halogens is 2. The van der Waals surface area contributed by atoms with Gasteiger partial charge in [-0.15, -0.1) is 17.0 Å². The van der Waals surface area contributed by atoms with Crippen LogP contribution in [0.5, 0.6) is 0 Å². The van der Waals surface area contributed by atoms with Crippen molar-refractivity contribution in [3.05, 3.63) is 30.1 Å². The number of nitrogens with zero attached hydrogens (tertiary/aromatic N) is 2. The quantitative estimate of drug-likeness (QED) is 0.720. The molecule has 18 heavy (non-hydrogen) atoms. The van der Waals surface area contributed by atoms with Gasteiger partial charge in [-0.25, -0.2) is 4.39 Å². The van der Waals surface area contributed by atoms with Gasteiger partial charge in [0.1, 0.15) is 5.82 Å². The molecule has 2 fully saturated rings. The molecule has 4 heteroatoms. The van der Waals surface area contributed by atoms with Crippen molar-refractivity contribution in [2.24, 2.45) is 0 Å². The number of benzene rings is 1. The molecule has 0 bridgehead atoms. The van der Waals surface area contributed by atoms with Crippen molar-refractivity contribution >= 4 is 22.7 Å². The fourth-order valence-electron chi connectivity index (χ4n) is 3.25. The second-order valence-corrected chi connectivity index (χ2v) is 5.41. The van der Waals surface area contributed by atoms with Crippen molar-refractivity contribution in [1.29, 1.82) is 0 Å². The molecule has 2 aliphatic heterocycles. The first-order valence-electron chi connectivity index (χ1n) is 6.63. The van der Waals surface area contributed by atoms with Gasteiger partial charge in [0.25, 0.3) is 0 Å². The fourth-order valence-corrected chi connectivity index (χ4v) is 3.25. The maximum Gasteiger partial charge on any atom is 0.123 e. The van der Waals surface area contributed by atoms with Gasteiger partial charge in [-0.1, -0.05) is 0 Å². The lowest BCUT2D eigenvalue weighted by Crippen LogP contribution is -2.58. The summed E-state index contributed by atoms with van der Waals surface area (Å²) >= 11 is 0. The Morgan fingerprint density at radius 1 is 0.889 bits per heavy atom. The van der Waals surface area contributed by atoms with E-state index in [0.29, 0.717) is 0 Å². The molecule has 0 aromatic heterocycles. The first kappa shape index (κ1) is 13.8. The van der Waals surface area contributed by atoms with E-state index >= 15 is 0 Å². The van der Waals surface area contributed by atoms with E-state index in [1.165, 1.54) is 49.2 Å². The third-order valence-electron chi connectivity index (χ3n) is 4.40. The van der Waals surface area contributed by atoms with E-state index in [2.05, 4.69) is 4.90 Å². The minimum Gasteiger partial charge on any atom is -0.360 e. The molecule has 0 aliphatic carbocycles. The van der Waals surface area contributed by atoms with Crippen molar-refractivity contribution in [3.8, 4) is 0 Å². The normalized spacial score (nSPS) is 21.9. The van der Waals surface area contributed by atoms with Crippen LogP contribution in [-0.2, 0) is 0 Å². The second-order valence-electron chi connectivity index (χ2n) is 5.41. The SMILES string of the molecule is Br.Fc1ccc(N2CC[N+]3(CCCC3)CC2)cc1. The molecule has 100 valence electrons. The molecule has 0 atom stereocenters. The zero-order chi connectivity index (χ0) is 11.7. The highest BCUT2D eigenvalue weighted by molar-refractivity contribution is 8.93. The number of hydrogen-bond donors (Lipinski definition) is 0. The van der Waals surface area contributed by atoms with Crippen molar-refractivity contribution in [2.75, 3.05) is 44.2 Å². The van der Waals surface area contributed by atoms with Crippen LogP contribution in [0, 0.1) is 5.82 Å². The van der Waals surface area contributed by atoms with Gasteiger partial charge in [-0.05, 0) is 24.3 Å². The van der Waals surface area contributed by atoms with Crippen LogP contribution in [0.2, 0.25) is 0 Å². The number of quaternary nitrogens is 1. The molecular formula is C14H21BrFN2+. The summed E-state index contributed by atoms with van der Waals surface area (Å²) < 4.78 is 14.2. The molecule has 2 saturated heterocycles. The summed E-state index contributed by atoms with van der Waals surface area (Å²) in [5.41, 5.74) is 1.17. The second kappa shape index (κ2) is 5.57. The first-order chi connectivity index (χ1) is 8.27. The summed E-state index contributed by atoms with van der Waals surface area (Å²) in [4.78, 5) is 2.39. The summed E-state index contributed by atoms with van der Waals surface area (Å²) in [5.74, 6) is -0.145. The molecule has 1 aromatic rings. The number of hydrogen-bond acceptors (Lipinski definition) is 1. The van der Waals surface area contributed by atoms with Crippen LogP contribution in [0.15, 0.2) is 24.3 Å². The molecule has 1 aromatic carbocycles. The summed E-state index contributed by atoms with van der Waals surface area (Å²) in [6.07, 6.45) is 2.80. The van der Waals surface area contributed by atoms with E-state index in [-0.39, 0.29) is 22.8 Å². The predicted octanol–water partition coefficient (Wildman–Crippen LogP) is 2.83. The molecule has 2 aliphatic rings. The van der Waals surface area contributed by atoms with Crippen LogP contribution < -0.4 is 4.90 Å². The number of piperazine rings is 1. The van der Waals surface area contributed by atoms with E-state index in [0.717, 1.165) is 13.1 Å². The lowest BCUT2D eigenvalue weighted by molar-refractivity contribution is -0.917. The van der Waals surface area contributed by atoms with Gasteiger partial charge in [0, 0.05) is 18.5 Å². The molecule has 0 amide bonds. The minimum absolute atomic E-state index is 0. The summed E-state index contributed by atoms with van der Waals surface area (Å²) in [6.45, 7) is 7.50. The average molecular weight is 316 g/mol. The van der Waals surface area contributed by atoms with Crippen molar-refractivity contribution in [2.45, 2.75) is 12.8 Å². The van der Waals surface area contributed by atoms with E-state index in [9.17, 15) is 4.39 Å². The molecule has 0 unspecified atom stereocenters. The molecule has 0 N–H and O–H groups in total. The van der Waals surface area contributed by atoms with Gasteiger partial charge < -0.3 is 9.38 Å². The Labute approximate surface area is 119 Å². The Balaban J connectivity index is 0.00000120. The maximum atomic E-state index is 12.9. The maximum absolute atomic E-state index is 12.9. The molecular weight excluding hydrogens is 295 g/mol. The van der Waals surface area contributed by atoms with Crippen LogP contribution in [0.25, 0.3) is 0 Å². The van der Waals surface area contributed by atoms with Crippen LogP contribution in [0.4, 0.5) is 10.1 Å². The van der Waals surface area contributed by atoms with Gasteiger partial charge in [0.05, 0.1) is 39.3 Å². The molecule has 0 radical (unpaired) electrons. The standard InChI is InChI=1S/C14H20FN2.BrH/c15-13-3-5-14(6-4-13)16-7-11-17(12-8-16)9-1-2-10-17;/h3-6H,1-2,7-12H2;1H/q+1;. The number of rotatable bonds is 1. The monoisotopic (exact) mass is 315 g/mol. The number of anilines is 1. The summed E-state index contributed by atoms with van der Waals surface area (Å²) in [5, 5.41) is 0. The highest BCUT2D eigenvalue weighted by Gasteiger charge is 2.35. The molecule has 3 rings (SSSR count). The Morgan fingerprint density at radius 2 is 1.44 bits per heavy atom. The van der Waals surface area contributed by atoms with Crippen molar-refractivity contribution in [3.63, 3.8) is 0 Å². The van der Waals surface area contributed by atoms with E-state index in [4.69, 9.17) is 0 Å². The lowest BCUT2D eigenvalue weighted by atomic mass is 10.2. The van der Waals surface area contributed by atoms with Gasteiger partial charge in [-0.3, -0.25) is 0 Å². The predicted molar refractivity (Wildman–Crippen MR) is 77.9 cm³/mol. The molecule has 0 saturated carbocycles. The van der Waals surface area contributed by atoms with Crippen molar-refractivity contribution in [1.82, 2.24) is 0 Å². The van der Waals surface area contributed by atoms with Gasteiger partial charge in [0.2, 0.25) is 0 Å². The molecule has 2 heterocycles. The van der Waals surface area contributed by atoms with E-state index in [1.807, 2.05) is 12.1 Å². The minimum atomic E-state index is -0.145. The smallest absolute Gasteiger partial charge is 0.123 e. The molecule has 2 nitrogen and oxygen atoms in total. The fraction of sp³-hybridized carbons (Fsp3) is 0.571. The largest absolute Gasteiger partial charge is 0.360 e. The zero-order valence-electron chi connectivity index (χ0n) is 10.6. The Hall–Kier alpha value is -0.610.